The molecule has 6 aromatic carbocycles. The fraction of sp³-hybridized carbons (Fsp3) is 0.321. The molecular formula is C56H72ClN5Si4. The van der Waals surface area contributed by atoms with Crippen molar-refractivity contribution in [3.8, 4) is 0 Å². The van der Waals surface area contributed by atoms with Crippen molar-refractivity contribution in [2.45, 2.75) is 116 Å². The molecule has 6 aromatic rings. The van der Waals surface area contributed by atoms with Gasteiger partial charge in [0, 0.05) is 0 Å². The molecule has 0 saturated carbocycles. The van der Waals surface area contributed by atoms with Gasteiger partial charge in [0.25, 0.3) is 5.96 Å². The van der Waals surface area contributed by atoms with Crippen LogP contribution in [-0.2, 0) is 13.1 Å². The molecule has 2 heterocycles. The average Bonchev–Trinajstić information content (AvgIpc) is 3.82. The second-order valence-corrected chi connectivity index (χ2v) is 42.9. The van der Waals surface area contributed by atoms with Crippen molar-refractivity contribution in [3.63, 3.8) is 0 Å². The van der Waals surface area contributed by atoms with Gasteiger partial charge in [0.1, 0.15) is 18.1 Å². The maximum atomic E-state index is 5.59. The zero-order valence-corrected chi connectivity index (χ0v) is 46.2. The number of rotatable bonds is 12. The summed E-state index contributed by atoms with van der Waals surface area (Å²) in [6.07, 6.45) is 0. The van der Waals surface area contributed by atoms with Crippen LogP contribution in [0.1, 0.15) is 57.5 Å². The molecular weight excluding hydrogens is 890 g/mol. The van der Waals surface area contributed by atoms with Gasteiger partial charge in [-0.25, -0.2) is 19.8 Å². The Balaban J connectivity index is 0.00000648. The van der Waals surface area contributed by atoms with Crippen LogP contribution < -0.4 is 43.8 Å². The summed E-state index contributed by atoms with van der Waals surface area (Å²) in [6, 6.07) is 59.4. The summed E-state index contributed by atoms with van der Waals surface area (Å²) >= 11 is 0. The molecule has 8 rings (SSSR count). The first-order chi connectivity index (χ1) is 30.7. The van der Waals surface area contributed by atoms with Crippen molar-refractivity contribution in [1.29, 1.82) is 0 Å². The number of nitrogens with zero attached hydrogens (tertiary/aromatic N) is 3. The highest BCUT2D eigenvalue weighted by molar-refractivity contribution is 6.92. The molecule has 0 bridgehead atoms. The predicted molar refractivity (Wildman–Crippen MR) is 290 cm³/mol. The molecule has 2 aliphatic heterocycles. The molecule has 10 heteroatoms. The molecule has 0 aromatic heterocycles. The van der Waals surface area contributed by atoms with Crippen molar-refractivity contribution in [2.75, 3.05) is 0 Å². The Morgan fingerprint density at radius 2 is 0.894 bits per heavy atom. The third-order valence-corrected chi connectivity index (χ3v) is 21.4. The first-order valence-corrected chi connectivity index (χ1v) is 37.8. The quantitative estimate of drug-likeness (QED) is 0.0975. The normalized spacial score (nSPS) is 19.0. The summed E-state index contributed by atoms with van der Waals surface area (Å²) < 4.78 is 2.70. The minimum Gasteiger partial charge on any atom is -1.00 e. The van der Waals surface area contributed by atoms with E-state index in [9.17, 15) is 0 Å². The Morgan fingerprint density at radius 1 is 0.500 bits per heavy atom. The number of benzene rings is 6. The first kappa shape index (κ1) is 49.1. The van der Waals surface area contributed by atoms with Crippen LogP contribution in [0.15, 0.2) is 163 Å². The molecule has 0 unspecified atom stereocenters. The van der Waals surface area contributed by atoms with Gasteiger partial charge in [-0.1, -0.05) is 257 Å². The molecule has 344 valence electrons. The van der Waals surface area contributed by atoms with E-state index in [0.717, 1.165) is 25.0 Å². The SMILES string of the molecule is C[Si](C)(C)c1cc(CN2C(NC3=N[C@@H](c4ccccc4)[C@H](c4ccccc4)N3)=[N+](Cc3cc([Si](C)(C)C)cc([Si](C)(C)C)c3)[C@@H](c3ccccc3)[C@@H]2c2ccccc2)cc([Si](C)(C)C)c1.[Cl-]. The van der Waals surface area contributed by atoms with E-state index in [0.29, 0.717) is 0 Å². The largest absolute Gasteiger partial charge is 1.00 e. The van der Waals surface area contributed by atoms with E-state index in [1.54, 1.807) is 0 Å². The van der Waals surface area contributed by atoms with Crippen molar-refractivity contribution in [3.05, 3.63) is 191 Å². The van der Waals surface area contributed by atoms with E-state index in [-0.39, 0.29) is 36.6 Å². The maximum Gasteiger partial charge on any atom is 0.357 e. The smallest absolute Gasteiger partial charge is 0.357 e. The van der Waals surface area contributed by atoms with Crippen LogP contribution in [0.2, 0.25) is 78.6 Å². The van der Waals surface area contributed by atoms with Crippen LogP contribution in [0.4, 0.5) is 0 Å². The molecule has 2 N–H and O–H groups in total. The molecule has 2 aliphatic rings. The Hall–Kier alpha value is -4.78. The van der Waals surface area contributed by atoms with Gasteiger partial charge in [-0.05, 0) is 33.4 Å². The summed E-state index contributed by atoms with van der Waals surface area (Å²) in [5.74, 6) is 1.89. The molecule has 5 nitrogen and oxygen atoms in total. The fourth-order valence-electron chi connectivity index (χ4n) is 9.47. The lowest BCUT2D eigenvalue weighted by molar-refractivity contribution is -0.583. The van der Waals surface area contributed by atoms with Gasteiger partial charge in [-0.3, -0.25) is 0 Å². The fourth-order valence-corrected chi connectivity index (χ4v) is 14.6. The van der Waals surface area contributed by atoms with E-state index < -0.39 is 32.3 Å². The maximum absolute atomic E-state index is 5.59. The van der Waals surface area contributed by atoms with Gasteiger partial charge in [0.05, 0.1) is 51.4 Å². The van der Waals surface area contributed by atoms with Crippen LogP contribution in [0, 0.1) is 0 Å². The Labute approximate surface area is 407 Å². The number of guanidine groups is 2. The van der Waals surface area contributed by atoms with Crippen LogP contribution in [0.5, 0.6) is 0 Å². The second kappa shape index (κ2) is 19.4. The molecule has 66 heavy (non-hydrogen) atoms. The zero-order valence-electron chi connectivity index (χ0n) is 41.5. The van der Waals surface area contributed by atoms with E-state index in [1.165, 1.54) is 54.1 Å². The number of hydrogen-bond acceptors (Lipinski definition) is 4. The Morgan fingerprint density at radius 3 is 1.33 bits per heavy atom. The zero-order chi connectivity index (χ0) is 46.3. The van der Waals surface area contributed by atoms with Gasteiger partial charge in [0.2, 0.25) is 0 Å². The number of hydrogen-bond donors (Lipinski definition) is 2. The van der Waals surface area contributed by atoms with E-state index >= 15 is 0 Å². The molecule has 0 fully saturated rings. The molecule has 0 amide bonds. The highest BCUT2D eigenvalue weighted by atomic mass is 35.5. The minimum absolute atomic E-state index is 0. The predicted octanol–water partition coefficient (Wildman–Crippen LogP) is 7.77. The number of nitrogens with one attached hydrogen (secondary N) is 2. The summed E-state index contributed by atoms with van der Waals surface area (Å²) in [6.45, 7) is 31.4. The lowest BCUT2D eigenvalue weighted by Crippen LogP contribution is -3.00. The molecule has 4 atom stereocenters. The van der Waals surface area contributed by atoms with E-state index in [2.05, 4.69) is 256 Å². The van der Waals surface area contributed by atoms with E-state index in [4.69, 9.17) is 4.99 Å². The van der Waals surface area contributed by atoms with Crippen molar-refractivity contribution < 1.29 is 17.0 Å². The van der Waals surface area contributed by atoms with Crippen LogP contribution in [-0.4, -0.2) is 53.7 Å². The van der Waals surface area contributed by atoms with Crippen molar-refractivity contribution in [1.82, 2.24) is 15.5 Å². The van der Waals surface area contributed by atoms with Crippen molar-refractivity contribution >= 4 is 65.0 Å². The molecule has 0 spiro atoms. The van der Waals surface area contributed by atoms with Crippen LogP contribution in [0.25, 0.3) is 0 Å². The van der Waals surface area contributed by atoms with Crippen molar-refractivity contribution in [2.24, 2.45) is 4.99 Å². The number of halogens is 1. The van der Waals surface area contributed by atoms with Gasteiger partial charge in [-0.15, -0.1) is 0 Å². The summed E-state index contributed by atoms with van der Waals surface area (Å²) in [4.78, 5) is 8.28. The highest BCUT2D eigenvalue weighted by Crippen LogP contribution is 2.43. The third kappa shape index (κ3) is 11.0. The summed E-state index contributed by atoms with van der Waals surface area (Å²) in [7, 11) is -6.65. The first-order valence-electron chi connectivity index (χ1n) is 23.8. The highest BCUT2D eigenvalue weighted by Gasteiger charge is 2.50. The monoisotopic (exact) mass is 961 g/mol. The minimum atomic E-state index is -1.66. The molecule has 0 aliphatic carbocycles. The van der Waals surface area contributed by atoms with Crippen LogP contribution >= 0.6 is 0 Å². The average molecular weight is 963 g/mol. The molecule has 0 radical (unpaired) electrons. The topological polar surface area (TPSA) is 42.7 Å². The van der Waals surface area contributed by atoms with Crippen LogP contribution in [0.3, 0.4) is 0 Å². The van der Waals surface area contributed by atoms with Gasteiger partial charge in [0.15, 0.2) is 0 Å². The standard InChI is InChI=1S/C56H71N5Si4.ClH/c1-62(2,3)47-33-41(34-48(37-47)63(4,5)6)39-60-53(45-29-21-15-22-30-45)54(46-31-23-16-24-32-46)61(40-42-35-49(64(7,8)9)38-50(36-42)65(10,11)12)56(60)59-55-57-51(43-25-17-13-18-26-43)52(58-55)44-27-19-14-20-28-44;/h13-38,51-54H,39-40H2,1-12H3,(H,57,58);1H/t51-,52-,53-,54-;/m0./s1. The Bertz CT molecular complexity index is 2600. The van der Waals surface area contributed by atoms with E-state index in [1.807, 2.05) is 0 Å². The Kier molecular flexibility index (Phi) is 14.5. The summed E-state index contributed by atoms with van der Waals surface area (Å²) in [5.41, 5.74) is 7.79. The summed E-state index contributed by atoms with van der Waals surface area (Å²) in [5, 5.41) is 14.2. The second-order valence-electron chi connectivity index (χ2n) is 22.6. The molecule has 0 saturated heterocycles. The third-order valence-electron chi connectivity index (χ3n) is 13.4. The lowest BCUT2D eigenvalue weighted by atomic mass is 9.92. The van der Waals surface area contributed by atoms with Gasteiger partial charge < -0.3 is 17.7 Å². The number of aliphatic imine (C=N–C) groups is 1. The van der Waals surface area contributed by atoms with Gasteiger partial charge in [-0.2, -0.15) is 0 Å². The lowest BCUT2D eigenvalue weighted by Gasteiger charge is -2.28. The van der Waals surface area contributed by atoms with Gasteiger partial charge >= 0.3 is 5.96 Å².